The van der Waals surface area contributed by atoms with E-state index in [0.717, 1.165) is 10.0 Å². The number of anilines is 1. The number of carbonyl (C=O) groups is 2. The third-order valence-corrected chi connectivity index (χ3v) is 4.85. The molecule has 0 radical (unpaired) electrons. The van der Waals surface area contributed by atoms with Gasteiger partial charge in [-0.2, -0.15) is 0 Å². The Morgan fingerprint density at radius 2 is 1.74 bits per heavy atom. The van der Waals surface area contributed by atoms with Gasteiger partial charge in [-0.1, -0.05) is 27.5 Å². The first-order chi connectivity index (χ1) is 14.9. The van der Waals surface area contributed by atoms with Gasteiger partial charge in [-0.15, -0.1) is 0 Å². The molecule has 3 rings (SSSR count). The number of hydrogen-bond donors (Lipinski definition) is 1. The van der Waals surface area contributed by atoms with Crippen LogP contribution in [0.25, 0.3) is 6.08 Å². The van der Waals surface area contributed by atoms with Crippen molar-refractivity contribution in [1.29, 1.82) is 0 Å². The van der Waals surface area contributed by atoms with E-state index in [-0.39, 0.29) is 5.91 Å². The minimum Gasteiger partial charge on any atom is -0.493 e. The van der Waals surface area contributed by atoms with Gasteiger partial charge in [0.05, 0.1) is 6.61 Å². The van der Waals surface area contributed by atoms with E-state index in [2.05, 4.69) is 21.2 Å². The first-order valence-electron chi connectivity index (χ1n) is 9.44. The van der Waals surface area contributed by atoms with E-state index in [1.165, 1.54) is 6.08 Å². The number of hydrogen-bond acceptors (Lipinski definition) is 4. The minimum atomic E-state index is -0.541. The van der Waals surface area contributed by atoms with Crippen LogP contribution in [0.15, 0.2) is 77.3 Å². The topological polar surface area (TPSA) is 64.6 Å². The predicted molar refractivity (Wildman–Crippen MR) is 126 cm³/mol. The summed E-state index contributed by atoms with van der Waals surface area (Å²) in [5.41, 5.74) is 1.82. The number of ether oxygens (including phenoxy) is 2. The molecule has 0 fully saturated rings. The monoisotopic (exact) mass is 499 g/mol. The predicted octanol–water partition coefficient (Wildman–Crippen LogP) is 6.37. The Bertz CT molecular complexity index is 1100. The quantitative estimate of drug-likeness (QED) is 0.232. The summed E-state index contributed by atoms with van der Waals surface area (Å²) in [6, 6.07) is 18.6. The lowest BCUT2D eigenvalue weighted by molar-refractivity contribution is -0.128. The van der Waals surface area contributed by atoms with Crippen molar-refractivity contribution in [3.05, 3.63) is 93.4 Å². The van der Waals surface area contributed by atoms with Crippen LogP contribution in [0.3, 0.4) is 0 Å². The second kappa shape index (κ2) is 10.8. The van der Waals surface area contributed by atoms with Crippen molar-refractivity contribution in [2.24, 2.45) is 0 Å². The Morgan fingerprint density at radius 3 is 2.42 bits per heavy atom. The standard InChI is InChI=1S/C24H19BrClNO4/c1-2-30-22-13-6-18(25)15-17(22)5-14-23(28)31-21-11-3-16(4-12-21)24(29)27-20-9-7-19(26)8-10-20/h3-15H,2H2,1H3,(H,27,29)/b14-5+. The highest BCUT2D eigenvalue weighted by Crippen LogP contribution is 2.25. The van der Waals surface area contributed by atoms with Crippen LogP contribution in [0.1, 0.15) is 22.8 Å². The molecule has 3 aromatic rings. The smallest absolute Gasteiger partial charge is 0.336 e. The van der Waals surface area contributed by atoms with Gasteiger partial charge in [0, 0.05) is 32.4 Å². The third-order valence-electron chi connectivity index (χ3n) is 4.11. The first-order valence-corrected chi connectivity index (χ1v) is 10.6. The number of halogens is 2. The van der Waals surface area contributed by atoms with Gasteiger partial charge in [0.15, 0.2) is 0 Å². The zero-order valence-electron chi connectivity index (χ0n) is 16.6. The summed E-state index contributed by atoms with van der Waals surface area (Å²) in [6.45, 7) is 2.41. The van der Waals surface area contributed by atoms with E-state index in [9.17, 15) is 9.59 Å². The zero-order chi connectivity index (χ0) is 22.2. The fourth-order valence-electron chi connectivity index (χ4n) is 2.66. The summed E-state index contributed by atoms with van der Waals surface area (Å²) in [5, 5.41) is 3.36. The van der Waals surface area contributed by atoms with Crippen LogP contribution in [0.5, 0.6) is 11.5 Å². The summed E-state index contributed by atoms with van der Waals surface area (Å²) in [7, 11) is 0. The molecule has 158 valence electrons. The molecule has 1 N–H and O–H groups in total. The summed E-state index contributed by atoms with van der Waals surface area (Å²) >= 11 is 9.25. The summed E-state index contributed by atoms with van der Waals surface area (Å²) in [5.74, 6) is 0.182. The fourth-order valence-corrected chi connectivity index (χ4v) is 3.16. The highest BCUT2D eigenvalue weighted by Gasteiger charge is 2.08. The first kappa shape index (κ1) is 22.6. The van der Waals surface area contributed by atoms with Gasteiger partial charge in [-0.3, -0.25) is 4.79 Å². The second-order valence-corrected chi connectivity index (χ2v) is 7.71. The molecule has 0 unspecified atom stereocenters. The Hall–Kier alpha value is -3.09. The molecule has 1 amide bonds. The van der Waals surface area contributed by atoms with Gasteiger partial charge in [0.2, 0.25) is 0 Å². The van der Waals surface area contributed by atoms with Crippen LogP contribution in [-0.4, -0.2) is 18.5 Å². The Morgan fingerprint density at radius 1 is 1.03 bits per heavy atom. The highest BCUT2D eigenvalue weighted by molar-refractivity contribution is 9.10. The Labute approximate surface area is 193 Å². The molecule has 0 aliphatic heterocycles. The summed E-state index contributed by atoms with van der Waals surface area (Å²) < 4.78 is 11.7. The maximum absolute atomic E-state index is 12.3. The van der Waals surface area contributed by atoms with E-state index in [4.69, 9.17) is 21.1 Å². The van der Waals surface area contributed by atoms with Gasteiger partial charge in [-0.25, -0.2) is 4.79 Å². The molecule has 0 atom stereocenters. The van der Waals surface area contributed by atoms with Gasteiger partial charge in [0.25, 0.3) is 5.91 Å². The lowest BCUT2D eigenvalue weighted by Gasteiger charge is -2.08. The molecular formula is C24H19BrClNO4. The largest absolute Gasteiger partial charge is 0.493 e. The van der Waals surface area contributed by atoms with Crippen LogP contribution in [-0.2, 0) is 4.79 Å². The maximum atomic E-state index is 12.3. The molecule has 0 saturated heterocycles. The normalized spacial score (nSPS) is 10.7. The SMILES string of the molecule is CCOc1ccc(Br)cc1/C=C/C(=O)Oc1ccc(C(=O)Nc2ccc(Cl)cc2)cc1. The average Bonchev–Trinajstić information content (AvgIpc) is 2.76. The number of amides is 1. The van der Waals surface area contributed by atoms with Gasteiger partial charge < -0.3 is 14.8 Å². The minimum absolute atomic E-state index is 0.279. The molecule has 7 heteroatoms. The number of esters is 1. The molecule has 0 aromatic heterocycles. The maximum Gasteiger partial charge on any atom is 0.336 e. The van der Waals surface area contributed by atoms with E-state index >= 15 is 0 Å². The second-order valence-electron chi connectivity index (χ2n) is 6.35. The van der Waals surface area contributed by atoms with E-state index in [1.54, 1.807) is 54.6 Å². The highest BCUT2D eigenvalue weighted by atomic mass is 79.9. The molecule has 0 saturated carbocycles. The van der Waals surface area contributed by atoms with Crippen molar-refractivity contribution < 1.29 is 19.1 Å². The van der Waals surface area contributed by atoms with Crippen LogP contribution in [0.2, 0.25) is 5.02 Å². The lowest BCUT2D eigenvalue weighted by atomic mass is 10.2. The van der Waals surface area contributed by atoms with Gasteiger partial charge in [-0.05, 0) is 79.7 Å². The summed E-state index contributed by atoms with van der Waals surface area (Å²) in [6.07, 6.45) is 2.96. The van der Waals surface area contributed by atoms with Crippen LogP contribution in [0.4, 0.5) is 5.69 Å². The Balaban J connectivity index is 1.61. The van der Waals surface area contributed by atoms with Crippen molar-refractivity contribution >= 4 is 51.2 Å². The molecule has 0 heterocycles. The average molecular weight is 501 g/mol. The lowest BCUT2D eigenvalue weighted by Crippen LogP contribution is -2.11. The van der Waals surface area contributed by atoms with Gasteiger partial charge >= 0.3 is 5.97 Å². The van der Waals surface area contributed by atoms with E-state index < -0.39 is 5.97 Å². The Kier molecular flexibility index (Phi) is 7.87. The van der Waals surface area contributed by atoms with Gasteiger partial charge in [0.1, 0.15) is 11.5 Å². The number of benzene rings is 3. The number of carbonyl (C=O) groups excluding carboxylic acids is 2. The molecule has 0 aliphatic rings. The van der Waals surface area contributed by atoms with Crippen molar-refractivity contribution in [2.45, 2.75) is 6.92 Å². The van der Waals surface area contributed by atoms with E-state index in [1.807, 2.05) is 25.1 Å². The van der Waals surface area contributed by atoms with Crippen molar-refractivity contribution in [3.63, 3.8) is 0 Å². The third kappa shape index (κ3) is 6.70. The molecule has 0 spiro atoms. The van der Waals surface area contributed by atoms with Crippen LogP contribution >= 0.6 is 27.5 Å². The fraction of sp³-hybridized carbons (Fsp3) is 0.0833. The zero-order valence-corrected chi connectivity index (χ0v) is 18.9. The number of rotatable bonds is 7. The van der Waals surface area contributed by atoms with Crippen molar-refractivity contribution in [3.8, 4) is 11.5 Å². The molecular weight excluding hydrogens is 482 g/mol. The van der Waals surface area contributed by atoms with Crippen molar-refractivity contribution in [1.82, 2.24) is 0 Å². The molecule has 0 aliphatic carbocycles. The van der Waals surface area contributed by atoms with Crippen LogP contribution < -0.4 is 14.8 Å². The van der Waals surface area contributed by atoms with E-state index in [0.29, 0.717) is 34.4 Å². The molecule has 3 aromatic carbocycles. The van der Waals surface area contributed by atoms with Crippen LogP contribution in [0, 0.1) is 0 Å². The molecule has 31 heavy (non-hydrogen) atoms. The molecule has 5 nitrogen and oxygen atoms in total. The summed E-state index contributed by atoms with van der Waals surface area (Å²) in [4.78, 5) is 24.5. The number of nitrogens with one attached hydrogen (secondary N) is 1. The molecule has 0 bridgehead atoms. The van der Waals surface area contributed by atoms with Crippen molar-refractivity contribution in [2.75, 3.05) is 11.9 Å².